The second-order valence-corrected chi connectivity index (χ2v) is 3.67. The van der Waals surface area contributed by atoms with E-state index in [1.54, 1.807) is 24.3 Å². The van der Waals surface area contributed by atoms with E-state index >= 15 is 0 Å². The maximum Gasteiger partial charge on any atom is 0.335 e. The molecule has 5 heteroatoms. The molecule has 0 bridgehead atoms. The predicted molar refractivity (Wildman–Crippen MR) is 63.3 cm³/mol. The van der Waals surface area contributed by atoms with Crippen LogP contribution < -0.4 is 5.32 Å². The van der Waals surface area contributed by atoms with Crippen molar-refractivity contribution in [2.75, 3.05) is 0 Å². The topological polar surface area (TPSA) is 79.5 Å². The molecule has 0 fully saturated rings. The third-order valence-corrected chi connectivity index (χ3v) is 2.37. The quantitative estimate of drug-likeness (QED) is 0.862. The van der Waals surface area contributed by atoms with E-state index in [4.69, 9.17) is 9.52 Å². The van der Waals surface area contributed by atoms with Gasteiger partial charge in [-0.05, 0) is 29.8 Å². The Morgan fingerprint density at radius 3 is 2.72 bits per heavy atom. The number of carboxylic acids is 1. The molecule has 1 heterocycles. The van der Waals surface area contributed by atoms with Gasteiger partial charge in [-0.3, -0.25) is 4.79 Å². The fraction of sp³-hybridized carbons (Fsp3) is 0.0769. The number of carbonyl (C=O) groups excluding carboxylic acids is 1. The van der Waals surface area contributed by atoms with Crippen LogP contribution in [0.2, 0.25) is 0 Å². The highest BCUT2D eigenvalue weighted by atomic mass is 16.4. The van der Waals surface area contributed by atoms with Crippen molar-refractivity contribution in [2.24, 2.45) is 0 Å². The Hall–Kier alpha value is -2.56. The smallest absolute Gasteiger partial charge is 0.335 e. The maximum absolute atomic E-state index is 11.6. The zero-order valence-electron chi connectivity index (χ0n) is 9.42. The number of benzene rings is 1. The van der Waals surface area contributed by atoms with Gasteiger partial charge in [-0.15, -0.1) is 0 Å². The van der Waals surface area contributed by atoms with Gasteiger partial charge in [0.1, 0.15) is 0 Å². The van der Waals surface area contributed by atoms with Crippen LogP contribution in [0, 0.1) is 0 Å². The summed E-state index contributed by atoms with van der Waals surface area (Å²) in [5.41, 5.74) is 0.912. The maximum atomic E-state index is 11.6. The van der Waals surface area contributed by atoms with Crippen LogP contribution in [0.15, 0.2) is 47.1 Å². The normalized spacial score (nSPS) is 10.0. The molecule has 0 saturated heterocycles. The van der Waals surface area contributed by atoms with E-state index in [2.05, 4.69) is 5.32 Å². The SMILES string of the molecule is O=C(O)c1cccc(CNC(=O)c2ccco2)c1. The van der Waals surface area contributed by atoms with Gasteiger partial charge in [0.15, 0.2) is 5.76 Å². The lowest BCUT2D eigenvalue weighted by Gasteiger charge is -2.04. The summed E-state index contributed by atoms with van der Waals surface area (Å²) in [5.74, 6) is -1.10. The van der Waals surface area contributed by atoms with Crippen molar-refractivity contribution in [1.82, 2.24) is 5.32 Å². The summed E-state index contributed by atoms with van der Waals surface area (Å²) in [5, 5.41) is 11.5. The molecule has 0 aliphatic carbocycles. The van der Waals surface area contributed by atoms with Crippen molar-refractivity contribution in [3.8, 4) is 0 Å². The summed E-state index contributed by atoms with van der Waals surface area (Å²) < 4.78 is 4.94. The average molecular weight is 245 g/mol. The van der Waals surface area contributed by atoms with Gasteiger partial charge in [0, 0.05) is 6.54 Å². The van der Waals surface area contributed by atoms with Crippen LogP contribution in [0.25, 0.3) is 0 Å². The number of carboxylic acid groups (broad SMARTS) is 1. The van der Waals surface area contributed by atoms with Crippen LogP contribution in [0.1, 0.15) is 26.5 Å². The fourth-order valence-electron chi connectivity index (χ4n) is 1.49. The van der Waals surface area contributed by atoms with Crippen LogP contribution >= 0.6 is 0 Å². The van der Waals surface area contributed by atoms with Crippen molar-refractivity contribution in [3.05, 3.63) is 59.5 Å². The van der Waals surface area contributed by atoms with Gasteiger partial charge in [0.05, 0.1) is 11.8 Å². The van der Waals surface area contributed by atoms with Crippen LogP contribution in [0.3, 0.4) is 0 Å². The number of furan rings is 1. The summed E-state index contributed by atoms with van der Waals surface area (Å²) in [6.45, 7) is 0.251. The number of amides is 1. The Morgan fingerprint density at radius 1 is 1.22 bits per heavy atom. The molecule has 5 nitrogen and oxygen atoms in total. The minimum absolute atomic E-state index is 0.194. The highest BCUT2D eigenvalue weighted by Crippen LogP contribution is 2.06. The van der Waals surface area contributed by atoms with E-state index in [0.29, 0.717) is 0 Å². The van der Waals surface area contributed by atoms with Gasteiger partial charge in [-0.2, -0.15) is 0 Å². The molecule has 2 aromatic rings. The zero-order valence-corrected chi connectivity index (χ0v) is 9.42. The third kappa shape index (κ3) is 2.76. The summed E-state index contributed by atoms with van der Waals surface area (Å²) >= 11 is 0. The molecule has 1 amide bonds. The lowest BCUT2D eigenvalue weighted by molar-refractivity contribution is 0.0696. The molecule has 2 rings (SSSR count). The lowest BCUT2D eigenvalue weighted by atomic mass is 10.1. The highest BCUT2D eigenvalue weighted by Gasteiger charge is 2.08. The number of aromatic carboxylic acids is 1. The first kappa shape index (κ1) is 11.9. The molecule has 0 aliphatic heterocycles. The van der Waals surface area contributed by atoms with Crippen molar-refractivity contribution >= 4 is 11.9 Å². The Labute approximate surface area is 103 Å². The van der Waals surface area contributed by atoms with Gasteiger partial charge in [0.25, 0.3) is 5.91 Å². The van der Waals surface area contributed by atoms with E-state index in [1.807, 2.05) is 0 Å². The highest BCUT2D eigenvalue weighted by molar-refractivity contribution is 5.91. The fourth-order valence-corrected chi connectivity index (χ4v) is 1.49. The number of hydrogen-bond donors (Lipinski definition) is 2. The monoisotopic (exact) mass is 245 g/mol. The third-order valence-electron chi connectivity index (χ3n) is 2.37. The Bertz CT molecular complexity index is 560. The molecular weight excluding hydrogens is 234 g/mol. The van der Waals surface area contributed by atoms with E-state index in [0.717, 1.165) is 5.56 Å². The summed E-state index contributed by atoms with van der Waals surface area (Å²) in [7, 11) is 0. The van der Waals surface area contributed by atoms with E-state index in [-0.39, 0.29) is 23.8 Å². The molecule has 0 saturated carbocycles. The van der Waals surface area contributed by atoms with Gasteiger partial charge in [-0.1, -0.05) is 12.1 Å². The molecular formula is C13H11NO4. The molecule has 18 heavy (non-hydrogen) atoms. The molecule has 0 atom stereocenters. The first-order valence-electron chi connectivity index (χ1n) is 5.31. The number of nitrogens with one attached hydrogen (secondary N) is 1. The van der Waals surface area contributed by atoms with Crippen molar-refractivity contribution in [3.63, 3.8) is 0 Å². The second-order valence-electron chi connectivity index (χ2n) is 3.67. The Balaban J connectivity index is 2.00. The van der Waals surface area contributed by atoms with E-state index < -0.39 is 5.97 Å². The van der Waals surface area contributed by atoms with Crippen molar-refractivity contribution < 1.29 is 19.1 Å². The van der Waals surface area contributed by atoms with Gasteiger partial charge >= 0.3 is 5.97 Å². The Kier molecular flexibility index (Phi) is 3.43. The largest absolute Gasteiger partial charge is 0.478 e. The summed E-state index contributed by atoms with van der Waals surface area (Å²) in [4.78, 5) is 22.4. The molecule has 1 aromatic carbocycles. The van der Waals surface area contributed by atoms with Gasteiger partial charge in [-0.25, -0.2) is 4.79 Å². The zero-order chi connectivity index (χ0) is 13.0. The van der Waals surface area contributed by atoms with Gasteiger partial charge in [0.2, 0.25) is 0 Å². The van der Waals surface area contributed by atoms with Crippen LogP contribution in [0.5, 0.6) is 0 Å². The molecule has 1 aromatic heterocycles. The summed E-state index contributed by atoms with van der Waals surface area (Å²) in [6, 6.07) is 9.58. The van der Waals surface area contributed by atoms with E-state index in [1.165, 1.54) is 18.4 Å². The van der Waals surface area contributed by atoms with Crippen molar-refractivity contribution in [2.45, 2.75) is 6.54 Å². The Morgan fingerprint density at radius 2 is 2.06 bits per heavy atom. The molecule has 0 unspecified atom stereocenters. The summed E-state index contributed by atoms with van der Waals surface area (Å²) in [6.07, 6.45) is 1.42. The first-order valence-corrected chi connectivity index (χ1v) is 5.31. The second kappa shape index (κ2) is 5.18. The number of rotatable bonds is 4. The average Bonchev–Trinajstić information content (AvgIpc) is 2.90. The molecule has 0 aliphatic rings. The molecule has 2 N–H and O–H groups in total. The lowest BCUT2D eigenvalue weighted by Crippen LogP contribution is -2.22. The molecule has 0 radical (unpaired) electrons. The van der Waals surface area contributed by atoms with Crippen molar-refractivity contribution in [1.29, 1.82) is 0 Å². The van der Waals surface area contributed by atoms with Gasteiger partial charge < -0.3 is 14.8 Å². The molecule has 0 spiro atoms. The molecule has 92 valence electrons. The van der Waals surface area contributed by atoms with Crippen LogP contribution in [-0.2, 0) is 6.54 Å². The standard InChI is InChI=1S/C13H11NO4/c15-12(11-5-2-6-18-11)14-8-9-3-1-4-10(7-9)13(16)17/h1-7H,8H2,(H,14,15)(H,16,17). The number of carbonyl (C=O) groups is 2. The van der Waals surface area contributed by atoms with E-state index in [9.17, 15) is 9.59 Å². The first-order chi connectivity index (χ1) is 8.66. The number of hydrogen-bond acceptors (Lipinski definition) is 3. The predicted octanol–water partition coefficient (Wildman–Crippen LogP) is 1.91. The minimum atomic E-state index is -0.991. The minimum Gasteiger partial charge on any atom is -0.478 e. The van der Waals surface area contributed by atoms with Crippen LogP contribution in [0.4, 0.5) is 0 Å². The van der Waals surface area contributed by atoms with Crippen LogP contribution in [-0.4, -0.2) is 17.0 Å².